The van der Waals surface area contributed by atoms with E-state index in [0.29, 0.717) is 40.4 Å². The first kappa shape index (κ1) is 24.5. The molecule has 1 amide bonds. The van der Waals surface area contributed by atoms with Crippen molar-refractivity contribution in [1.29, 1.82) is 0 Å². The first-order chi connectivity index (χ1) is 17.1. The lowest BCUT2D eigenvalue weighted by Gasteiger charge is -2.15. The molecule has 178 valence electrons. The maximum Gasteiger partial charge on any atom is 0.228 e. The zero-order valence-electron chi connectivity index (χ0n) is 18.8. The molecule has 0 aromatic heterocycles. The molecule has 4 aromatic carbocycles. The van der Waals surface area contributed by atoms with Crippen molar-refractivity contribution in [3.63, 3.8) is 0 Å². The number of rotatable bonds is 10. The molecule has 0 bridgehead atoms. The van der Waals surface area contributed by atoms with E-state index in [1.54, 1.807) is 24.3 Å². The van der Waals surface area contributed by atoms with Gasteiger partial charge < -0.3 is 20.1 Å². The molecule has 2 N–H and O–H groups in total. The summed E-state index contributed by atoms with van der Waals surface area (Å²) < 4.78 is 11.4. The van der Waals surface area contributed by atoms with Crippen molar-refractivity contribution in [2.45, 2.75) is 6.42 Å². The number of carbonyl (C=O) groups is 1. The van der Waals surface area contributed by atoms with Gasteiger partial charge >= 0.3 is 0 Å². The number of amides is 1. The highest BCUT2D eigenvalue weighted by molar-refractivity contribution is 6.39. The fourth-order valence-corrected chi connectivity index (χ4v) is 3.92. The van der Waals surface area contributed by atoms with Crippen LogP contribution in [0.1, 0.15) is 5.56 Å². The summed E-state index contributed by atoms with van der Waals surface area (Å²) in [5.74, 6) is 1.28. The van der Waals surface area contributed by atoms with Gasteiger partial charge in [-0.15, -0.1) is 0 Å². The van der Waals surface area contributed by atoms with E-state index in [-0.39, 0.29) is 12.3 Å². The second-order valence-electron chi connectivity index (χ2n) is 7.64. The highest BCUT2D eigenvalue weighted by atomic mass is 35.5. The van der Waals surface area contributed by atoms with Crippen molar-refractivity contribution in [2.24, 2.45) is 0 Å². The van der Waals surface area contributed by atoms with Gasteiger partial charge in [-0.3, -0.25) is 4.79 Å². The normalized spacial score (nSPS) is 10.5. The lowest BCUT2D eigenvalue weighted by atomic mass is 10.1. The Morgan fingerprint density at radius 3 is 2.11 bits per heavy atom. The molecule has 0 saturated heterocycles. The molecule has 0 atom stereocenters. The van der Waals surface area contributed by atoms with Crippen LogP contribution in [0.15, 0.2) is 97.1 Å². The molecule has 0 aliphatic rings. The van der Waals surface area contributed by atoms with Gasteiger partial charge in [-0.2, -0.15) is 0 Å². The van der Waals surface area contributed by atoms with Crippen LogP contribution >= 0.6 is 23.2 Å². The maximum atomic E-state index is 12.8. The van der Waals surface area contributed by atoms with E-state index in [2.05, 4.69) is 10.6 Å². The number of carbonyl (C=O) groups excluding carboxylic acids is 1. The van der Waals surface area contributed by atoms with E-state index in [1.165, 1.54) is 0 Å². The molecule has 0 saturated carbocycles. The van der Waals surface area contributed by atoms with Gasteiger partial charge in [0.05, 0.1) is 22.2 Å². The van der Waals surface area contributed by atoms with Gasteiger partial charge in [0.2, 0.25) is 5.91 Å². The van der Waals surface area contributed by atoms with E-state index < -0.39 is 0 Å². The van der Waals surface area contributed by atoms with Gasteiger partial charge in [0.1, 0.15) is 24.7 Å². The van der Waals surface area contributed by atoms with Crippen LogP contribution in [0.4, 0.5) is 17.1 Å². The first-order valence-corrected chi connectivity index (χ1v) is 11.8. The molecule has 4 aromatic rings. The minimum Gasteiger partial charge on any atom is -0.490 e. The van der Waals surface area contributed by atoms with E-state index in [1.807, 2.05) is 72.8 Å². The van der Waals surface area contributed by atoms with E-state index >= 15 is 0 Å². The second kappa shape index (κ2) is 12.2. The minimum absolute atomic E-state index is 0.158. The number of ether oxygens (including phenoxy) is 2. The molecule has 4 rings (SSSR count). The van der Waals surface area contributed by atoms with Crippen LogP contribution in [0, 0.1) is 0 Å². The Morgan fingerprint density at radius 1 is 0.714 bits per heavy atom. The van der Waals surface area contributed by atoms with E-state index in [9.17, 15) is 4.79 Å². The molecule has 0 unspecified atom stereocenters. The predicted molar refractivity (Wildman–Crippen MR) is 142 cm³/mol. The Hall–Kier alpha value is -3.67. The van der Waals surface area contributed by atoms with E-state index in [4.69, 9.17) is 32.7 Å². The summed E-state index contributed by atoms with van der Waals surface area (Å²) >= 11 is 12.6. The largest absolute Gasteiger partial charge is 0.490 e. The Morgan fingerprint density at radius 2 is 1.34 bits per heavy atom. The number of anilines is 3. The Bertz CT molecular complexity index is 1260. The third-order valence-corrected chi connectivity index (χ3v) is 5.70. The molecule has 7 heteroatoms. The summed E-state index contributed by atoms with van der Waals surface area (Å²) in [6.07, 6.45) is 0.168. The summed E-state index contributed by atoms with van der Waals surface area (Å²) in [5, 5.41) is 7.19. The van der Waals surface area contributed by atoms with E-state index in [0.717, 1.165) is 17.0 Å². The summed E-state index contributed by atoms with van der Waals surface area (Å²) in [7, 11) is 0. The third-order valence-electron chi connectivity index (χ3n) is 5.07. The summed E-state index contributed by atoms with van der Waals surface area (Å²) in [5.41, 5.74) is 2.82. The van der Waals surface area contributed by atoms with Crippen molar-refractivity contribution in [1.82, 2.24) is 0 Å². The maximum absolute atomic E-state index is 12.8. The van der Waals surface area contributed by atoms with Crippen LogP contribution in [0.25, 0.3) is 0 Å². The number of nitrogens with one attached hydrogen (secondary N) is 2. The fourth-order valence-electron chi connectivity index (χ4n) is 3.43. The number of hydrogen-bond acceptors (Lipinski definition) is 4. The summed E-state index contributed by atoms with van der Waals surface area (Å²) in [4.78, 5) is 12.8. The second-order valence-corrected chi connectivity index (χ2v) is 8.46. The third kappa shape index (κ3) is 7.15. The zero-order chi connectivity index (χ0) is 24.5. The van der Waals surface area contributed by atoms with Gasteiger partial charge in [0, 0.05) is 17.4 Å². The monoisotopic (exact) mass is 506 g/mol. The lowest BCUT2D eigenvalue weighted by molar-refractivity contribution is -0.115. The Kier molecular flexibility index (Phi) is 8.49. The van der Waals surface area contributed by atoms with Crippen LogP contribution in [0.2, 0.25) is 10.0 Å². The average Bonchev–Trinajstić information content (AvgIpc) is 2.86. The highest BCUT2D eigenvalue weighted by Crippen LogP contribution is 2.33. The van der Waals surface area contributed by atoms with Crippen molar-refractivity contribution in [3.05, 3.63) is 113 Å². The minimum atomic E-state index is -0.158. The molecule has 0 heterocycles. The zero-order valence-corrected chi connectivity index (χ0v) is 20.4. The SMILES string of the molecule is O=C(Cc1ccccc1Nc1c(Cl)cccc1Cl)Nc1cccc(OCCOc2ccccc2)c1. The van der Waals surface area contributed by atoms with Gasteiger partial charge in [-0.25, -0.2) is 0 Å². The standard InChI is InChI=1S/C28H24Cl2N2O3/c29-24-13-7-14-25(30)28(24)32-26-15-5-4-8-20(26)18-27(33)31-21-9-6-12-23(19-21)35-17-16-34-22-10-2-1-3-11-22/h1-15,19,32H,16-18H2,(H,31,33). The Labute approximate surface area is 214 Å². The van der Waals surface area contributed by atoms with Gasteiger partial charge in [-0.05, 0) is 48.0 Å². The van der Waals surface area contributed by atoms with Gasteiger partial charge in [0.25, 0.3) is 0 Å². The molecule has 0 spiro atoms. The van der Waals surface area contributed by atoms with Crippen LogP contribution in [-0.4, -0.2) is 19.1 Å². The number of halogens is 2. The molecule has 0 fully saturated rings. The number of hydrogen-bond donors (Lipinski definition) is 2. The molecular weight excluding hydrogens is 483 g/mol. The van der Waals surface area contributed by atoms with Gasteiger partial charge in [-0.1, -0.05) is 71.7 Å². The lowest BCUT2D eigenvalue weighted by Crippen LogP contribution is -2.15. The molecule has 0 radical (unpaired) electrons. The quantitative estimate of drug-likeness (QED) is 0.220. The topological polar surface area (TPSA) is 59.6 Å². The highest BCUT2D eigenvalue weighted by Gasteiger charge is 2.12. The smallest absolute Gasteiger partial charge is 0.228 e. The fraction of sp³-hybridized carbons (Fsp3) is 0.107. The van der Waals surface area contributed by atoms with Crippen LogP contribution in [-0.2, 0) is 11.2 Å². The van der Waals surface area contributed by atoms with Crippen molar-refractivity contribution in [3.8, 4) is 11.5 Å². The first-order valence-electron chi connectivity index (χ1n) is 11.1. The number of para-hydroxylation sites is 3. The predicted octanol–water partition coefficient (Wildman–Crippen LogP) is 7.38. The van der Waals surface area contributed by atoms with Crippen molar-refractivity contribution < 1.29 is 14.3 Å². The summed E-state index contributed by atoms with van der Waals surface area (Å²) in [6, 6.07) is 29.7. The Balaban J connectivity index is 1.33. The van der Waals surface area contributed by atoms with Crippen molar-refractivity contribution >= 4 is 46.2 Å². The van der Waals surface area contributed by atoms with Crippen molar-refractivity contribution in [2.75, 3.05) is 23.8 Å². The summed E-state index contributed by atoms with van der Waals surface area (Å²) in [6.45, 7) is 0.801. The molecule has 0 aliphatic carbocycles. The molecule has 35 heavy (non-hydrogen) atoms. The average molecular weight is 507 g/mol. The molecule has 5 nitrogen and oxygen atoms in total. The van der Waals surface area contributed by atoms with Crippen LogP contribution in [0.5, 0.6) is 11.5 Å². The molecular formula is C28H24Cl2N2O3. The van der Waals surface area contributed by atoms with Crippen LogP contribution < -0.4 is 20.1 Å². The molecule has 0 aliphatic heterocycles. The van der Waals surface area contributed by atoms with Gasteiger partial charge in [0.15, 0.2) is 0 Å². The van der Waals surface area contributed by atoms with Crippen LogP contribution in [0.3, 0.4) is 0 Å². The number of benzene rings is 4.